The second-order valence-corrected chi connectivity index (χ2v) is 8.66. The fraction of sp³-hybridized carbons (Fsp3) is 0.455. The van der Waals surface area contributed by atoms with Crippen LogP contribution in [-0.4, -0.2) is 44.2 Å². The summed E-state index contributed by atoms with van der Waals surface area (Å²) in [5.41, 5.74) is 1.90. The van der Waals surface area contributed by atoms with Crippen LogP contribution in [0.4, 0.5) is 15.5 Å². The number of benzene rings is 1. The summed E-state index contributed by atoms with van der Waals surface area (Å²) in [4.78, 5) is 18.6. The van der Waals surface area contributed by atoms with Crippen LogP contribution in [0.25, 0.3) is 0 Å². The summed E-state index contributed by atoms with van der Waals surface area (Å²) in [6.07, 6.45) is 2.19. The molecule has 170 valence electrons. The fourth-order valence-electron chi connectivity index (χ4n) is 3.40. The number of guanidine groups is 1. The summed E-state index contributed by atoms with van der Waals surface area (Å²) < 4.78 is 0. The maximum absolute atomic E-state index is 11.8. The molecule has 4 N–H and O–H groups in total. The van der Waals surface area contributed by atoms with E-state index in [1.165, 1.54) is 5.00 Å². The third-order valence-electron chi connectivity index (χ3n) is 4.97. The van der Waals surface area contributed by atoms with E-state index in [2.05, 4.69) is 48.7 Å². The minimum Gasteiger partial charge on any atom is -0.363 e. The van der Waals surface area contributed by atoms with Gasteiger partial charge in [0, 0.05) is 44.5 Å². The molecule has 1 aromatic heterocycles. The summed E-state index contributed by atoms with van der Waals surface area (Å²) in [6, 6.07) is 12.5. The predicted octanol–water partition coefficient (Wildman–Crippen LogP) is 4.23. The van der Waals surface area contributed by atoms with Crippen LogP contribution in [-0.2, 0) is 6.54 Å². The number of thiophene rings is 1. The molecule has 0 unspecified atom stereocenters. The van der Waals surface area contributed by atoms with Gasteiger partial charge in [0.05, 0.1) is 5.00 Å². The molecule has 7 nitrogen and oxygen atoms in total. The van der Waals surface area contributed by atoms with Gasteiger partial charge in [0.1, 0.15) is 0 Å². The zero-order valence-electron chi connectivity index (χ0n) is 18.4. The molecular formula is C22H33IN6OS. The van der Waals surface area contributed by atoms with Gasteiger partial charge >= 0.3 is 6.03 Å². The largest absolute Gasteiger partial charge is 0.363 e. The molecule has 2 amide bonds. The molecule has 3 rings (SSSR count). The van der Waals surface area contributed by atoms with E-state index in [4.69, 9.17) is 0 Å². The van der Waals surface area contributed by atoms with Gasteiger partial charge in [-0.1, -0.05) is 12.1 Å². The van der Waals surface area contributed by atoms with Gasteiger partial charge in [-0.3, -0.25) is 4.99 Å². The van der Waals surface area contributed by atoms with E-state index in [1.807, 2.05) is 38.1 Å². The highest BCUT2D eigenvalue weighted by atomic mass is 127. The van der Waals surface area contributed by atoms with Crippen LogP contribution in [0.5, 0.6) is 0 Å². The molecule has 2 aromatic rings. The first kappa shape index (κ1) is 25.3. The molecule has 1 fully saturated rings. The number of aliphatic imine (C=N–C) groups is 1. The van der Waals surface area contributed by atoms with Crippen molar-refractivity contribution in [3.63, 3.8) is 0 Å². The van der Waals surface area contributed by atoms with E-state index in [0.717, 1.165) is 43.1 Å². The lowest BCUT2D eigenvalue weighted by Crippen LogP contribution is -2.48. The Morgan fingerprint density at radius 2 is 1.90 bits per heavy atom. The van der Waals surface area contributed by atoms with E-state index < -0.39 is 0 Å². The van der Waals surface area contributed by atoms with Crippen LogP contribution in [0.3, 0.4) is 0 Å². The highest BCUT2D eigenvalue weighted by Gasteiger charge is 2.20. The molecule has 0 radical (unpaired) electrons. The zero-order chi connectivity index (χ0) is 21.3. The molecule has 1 aliphatic rings. The maximum atomic E-state index is 11.8. The molecule has 1 saturated heterocycles. The van der Waals surface area contributed by atoms with Crippen molar-refractivity contribution in [2.75, 3.05) is 30.4 Å². The molecule has 0 atom stereocenters. The highest BCUT2D eigenvalue weighted by Crippen LogP contribution is 2.24. The smallest absolute Gasteiger partial charge is 0.319 e. The molecule has 0 saturated carbocycles. The summed E-state index contributed by atoms with van der Waals surface area (Å²) in [6.45, 7) is 6.67. The lowest BCUT2D eigenvalue weighted by atomic mass is 10.1. The number of rotatable bonds is 6. The van der Waals surface area contributed by atoms with Crippen molar-refractivity contribution in [2.24, 2.45) is 4.99 Å². The number of halogens is 1. The van der Waals surface area contributed by atoms with E-state index in [1.54, 1.807) is 18.4 Å². The number of anilines is 2. The molecule has 0 spiro atoms. The Labute approximate surface area is 206 Å². The van der Waals surface area contributed by atoms with Gasteiger partial charge in [-0.15, -0.1) is 35.3 Å². The Kier molecular flexibility index (Phi) is 10.4. The maximum Gasteiger partial charge on any atom is 0.319 e. The van der Waals surface area contributed by atoms with E-state index in [9.17, 15) is 4.79 Å². The summed E-state index contributed by atoms with van der Waals surface area (Å²) in [5.74, 6) is 0.822. The molecule has 2 heterocycles. The lowest BCUT2D eigenvalue weighted by Gasteiger charge is -2.33. The Hall–Kier alpha value is -2.01. The second-order valence-electron chi connectivity index (χ2n) is 7.73. The monoisotopic (exact) mass is 556 g/mol. The van der Waals surface area contributed by atoms with Crippen LogP contribution in [0.2, 0.25) is 0 Å². The van der Waals surface area contributed by atoms with Gasteiger partial charge in [0.2, 0.25) is 0 Å². The minimum atomic E-state index is -0.189. The van der Waals surface area contributed by atoms with Gasteiger partial charge in [0.25, 0.3) is 0 Å². The number of piperidine rings is 1. The Morgan fingerprint density at radius 1 is 1.19 bits per heavy atom. The number of amides is 2. The first-order valence-electron chi connectivity index (χ1n) is 10.5. The average Bonchev–Trinajstić information content (AvgIpc) is 3.27. The lowest BCUT2D eigenvalue weighted by molar-refractivity contribution is 0.250. The Bertz CT molecular complexity index is 817. The first-order chi connectivity index (χ1) is 14.5. The van der Waals surface area contributed by atoms with Gasteiger partial charge in [-0.05, 0) is 61.9 Å². The third-order valence-corrected chi connectivity index (χ3v) is 5.90. The molecule has 31 heavy (non-hydrogen) atoms. The minimum absolute atomic E-state index is 0. The van der Waals surface area contributed by atoms with E-state index in [0.29, 0.717) is 12.6 Å². The second kappa shape index (κ2) is 12.7. The number of hydrogen-bond acceptors (Lipinski definition) is 4. The van der Waals surface area contributed by atoms with Gasteiger partial charge in [0.15, 0.2) is 5.96 Å². The normalized spacial score (nSPS) is 14.7. The molecule has 1 aliphatic heterocycles. The number of nitrogens with zero attached hydrogens (tertiary/aromatic N) is 2. The third kappa shape index (κ3) is 8.21. The van der Waals surface area contributed by atoms with Crippen molar-refractivity contribution in [3.8, 4) is 0 Å². The number of hydrogen-bond donors (Lipinski definition) is 4. The Balaban J connectivity index is 0.00000341. The summed E-state index contributed by atoms with van der Waals surface area (Å²) in [5, 5.41) is 16.1. The number of carbonyl (C=O) groups is 1. The standard InChI is InChI=1S/C22H32N6OS.HI/c1-16(2)25-22(29)27-18-8-6-17(7-9-18)15-24-21(23-3)26-19-10-12-28(13-11-19)20-5-4-14-30-20;/h4-9,14,16,19H,10-13,15H2,1-3H3,(H2,23,24,26)(H2,25,27,29);1H. The van der Waals surface area contributed by atoms with Crippen molar-refractivity contribution < 1.29 is 4.79 Å². The molecule has 9 heteroatoms. The van der Waals surface area contributed by atoms with Crippen molar-refractivity contribution in [3.05, 3.63) is 47.3 Å². The molecule has 0 aliphatic carbocycles. The van der Waals surface area contributed by atoms with Crippen LogP contribution >= 0.6 is 35.3 Å². The summed E-state index contributed by atoms with van der Waals surface area (Å²) >= 11 is 1.80. The van der Waals surface area contributed by atoms with Crippen molar-refractivity contribution in [2.45, 2.75) is 45.3 Å². The molecule has 1 aromatic carbocycles. The van der Waals surface area contributed by atoms with E-state index in [-0.39, 0.29) is 36.0 Å². The predicted molar refractivity (Wildman–Crippen MR) is 142 cm³/mol. The average molecular weight is 557 g/mol. The van der Waals surface area contributed by atoms with Crippen LogP contribution < -0.4 is 26.2 Å². The van der Waals surface area contributed by atoms with Crippen LogP contribution in [0.1, 0.15) is 32.3 Å². The fourth-order valence-corrected chi connectivity index (χ4v) is 4.19. The van der Waals surface area contributed by atoms with Gasteiger partial charge in [-0.25, -0.2) is 4.79 Å². The van der Waals surface area contributed by atoms with E-state index >= 15 is 0 Å². The quantitative estimate of drug-likeness (QED) is 0.244. The number of urea groups is 1. The summed E-state index contributed by atoms with van der Waals surface area (Å²) in [7, 11) is 1.80. The zero-order valence-corrected chi connectivity index (χ0v) is 21.5. The van der Waals surface area contributed by atoms with Crippen molar-refractivity contribution in [1.29, 1.82) is 0 Å². The van der Waals surface area contributed by atoms with Gasteiger partial charge < -0.3 is 26.2 Å². The van der Waals surface area contributed by atoms with Crippen molar-refractivity contribution in [1.82, 2.24) is 16.0 Å². The van der Waals surface area contributed by atoms with Crippen molar-refractivity contribution >= 4 is 58.0 Å². The van der Waals surface area contributed by atoms with Crippen LogP contribution in [0.15, 0.2) is 46.8 Å². The van der Waals surface area contributed by atoms with Gasteiger partial charge in [-0.2, -0.15) is 0 Å². The first-order valence-corrected chi connectivity index (χ1v) is 11.3. The SMILES string of the molecule is CN=C(NCc1ccc(NC(=O)NC(C)C)cc1)NC1CCN(c2cccs2)CC1.I. The topological polar surface area (TPSA) is 80.8 Å². The molecule has 0 bridgehead atoms. The Morgan fingerprint density at radius 3 is 2.48 bits per heavy atom. The number of carbonyl (C=O) groups excluding carboxylic acids is 1. The number of nitrogens with one attached hydrogen (secondary N) is 4. The van der Waals surface area contributed by atoms with Crippen LogP contribution in [0, 0.1) is 0 Å². The molecular weight excluding hydrogens is 523 g/mol. The highest BCUT2D eigenvalue weighted by molar-refractivity contribution is 14.0.